The SMILES string of the molecule is CCCCCCCCCC/C=C\CCCCCCCCCCCCCCCCCCCC(=O)OC(CO)COC(=O)CCCCCCCCCCCCCCCCCCCCCCCCCCCC. The number of rotatable bonds is 60. The van der Waals surface area contributed by atoms with E-state index in [0.717, 1.165) is 32.1 Å². The van der Waals surface area contributed by atoms with E-state index in [2.05, 4.69) is 26.0 Å². The van der Waals surface area contributed by atoms with Crippen molar-refractivity contribution in [3.63, 3.8) is 0 Å². The number of carbonyl (C=O) groups excluding carboxylic acids is 2. The minimum Gasteiger partial charge on any atom is -0.462 e. The van der Waals surface area contributed by atoms with E-state index in [0.29, 0.717) is 12.8 Å². The van der Waals surface area contributed by atoms with Gasteiger partial charge in [0.25, 0.3) is 0 Å². The van der Waals surface area contributed by atoms with E-state index in [9.17, 15) is 14.7 Å². The van der Waals surface area contributed by atoms with Gasteiger partial charge < -0.3 is 14.6 Å². The Hall–Kier alpha value is -1.36. The molecule has 0 rings (SSSR count). The molecule has 0 bridgehead atoms. The Balaban J connectivity index is 3.39. The minimum absolute atomic E-state index is 0.0571. The maximum absolute atomic E-state index is 12.3. The molecule has 5 nitrogen and oxygen atoms in total. The number of aliphatic hydroxyl groups excluding tert-OH is 1. The Morgan fingerprint density at radius 2 is 0.536 bits per heavy atom. The van der Waals surface area contributed by atoms with E-state index in [-0.39, 0.29) is 25.2 Å². The number of esters is 2. The normalized spacial score (nSPS) is 12.1. The molecule has 0 aliphatic heterocycles. The van der Waals surface area contributed by atoms with Crippen molar-refractivity contribution in [3.05, 3.63) is 12.2 Å². The van der Waals surface area contributed by atoms with Crippen molar-refractivity contribution in [2.45, 2.75) is 373 Å². The largest absolute Gasteiger partial charge is 0.462 e. The lowest BCUT2D eigenvalue weighted by atomic mass is 10.0. The van der Waals surface area contributed by atoms with Gasteiger partial charge in [-0.25, -0.2) is 0 Å². The highest BCUT2D eigenvalue weighted by molar-refractivity contribution is 5.70. The van der Waals surface area contributed by atoms with Crippen LogP contribution in [0.15, 0.2) is 12.2 Å². The zero-order valence-corrected chi connectivity index (χ0v) is 47.1. The average molecular weight is 974 g/mol. The fraction of sp³-hybridized carbons (Fsp3) is 0.938. The third-order valence-corrected chi connectivity index (χ3v) is 14.8. The van der Waals surface area contributed by atoms with Crippen LogP contribution in [0.25, 0.3) is 0 Å². The number of carbonyl (C=O) groups is 2. The smallest absolute Gasteiger partial charge is 0.306 e. The molecular formula is C64H124O5. The lowest BCUT2D eigenvalue weighted by Gasteiger charge is -2.15. The van der Waals surface area contributed by atoms with Gasteiger partial charge in [-0.15, -0.1) is 0 Å². The fourth-order valence-electron chi connectivity index (χ4n) is 10.0. The van der Waals surface area contributed by atoms with Crippen molar-refractivity contribution >= 4 is 11.9 Å². The number of unbranched alkanes of at least 4 members (excludes halogenated alkanes) is 50. The predicted octanol–water partition coefficient (Wildman–Crippen LogP) is 21.5. The van der Waals surface area contributed by atoms with Crippen LogP contribution >= 0.6 is 0 Å². The lowest BCUT2D eigenvalue weighted by molar-refractivity contribution is -0.161. The molecule has 69 heavy (non-hydrogen) atoms. The molecule has 0 radical (unpaired) electrons. The second kappa shape index (κ2) is 60.9. The Morgan fingerprint density at radius 3 is 0.783 bits per heavy atom. The first-order valence-electron chi connectivity index (χ1n) is 31.7. The van der Waals surface area contributed by atoms with Crippen LogP contribution in [0.5, 0.6) is 0 Å². The highest BCUT2D eigenvalue weighted by Crippen LogP contribution is 2.19. The number of hydrogen-bond acceptors (Lipinski definition) is 5. The summed E-state index contributed by atoms with van der Waals surface area (Å²) in [5.41, 5.74) is 0. The third-order valence-electron chi connectivity index (χ3n) is 14.8. The van der Waals surface area contributed by atoms with Gasteiger partial charge in [-0.3, -0.25) is 9.59 Å². The van der Waals surface area contributed by atoms with Crippen molar-refractivity contribution in [2.75, 3.05) is 13.2 Å². The van der Waals surface area contributed by atoms with E-state index in [4.69, 9.17) is 9.47 Å². The van der Waals surface area contributed by atoms with Crippen LogP contribution < -0.4 is 0 Å². The second-order valence-electron chi connectivity index (χ2n) is 21.9. The summed E-state index contributed by atoms with van der Waals surface area (Å²) in [6.07, 6.45) is 76.5. The molecule has 0 aromatic rings. The van der Waals surface area contributed by atoms with Crippen molar-refractivity contribution < 1.29 is 24.2 Å². The van der Waals surface area contributed by atoms with Gasteiger partial charge in [-0.2, -0.15) is 0 Å². The van der Waals surface area contributed by atoms with Gasteiger partial charge in [-0.1, -0.05) is 328 Å². The van der Waals surface area contributed by atoms with Crippen LogP contribution in [0.4, 0.5) is 0 Å². The maximum atomic E-state index is 12.3. The Labute approximate surface area is 432 Å². The van der Waals surface area contributed by atoms with Gasteiger partial charge >= 0.3 is 11.9 Å². The summed E-state index contributed by atoms with van der Waals surface area (Å²) in [7, 11) is 0. The Kier molecular flexibility index (Phi) is 59.7. The summed E-state index contributed by atoms with van der Waals surface area (Å²) in [6, 6.07) is 0. The van der Waals surface area contributed by atoms with Crippen LogP contribution in [-0.2, 0) is 19.1 Å². The molecule has 0 aliphatic rings. The van der Waals surface area contributed by atoms with Gasteiger partial charge in [0, 0.05) is 12.8 Å². The van der Waals surface area contributed by atoms with Crippen molar-refractivity contribution in [1.29, 1.82) is 0 Å². The third kappa shape index (κ3) is 59.1. The van der Waals surface area contributed by atoms with E-state index in [1.807, 2.05) is 0 Å². The minimum atomic E-state index is -0.767. The maximum Gasteiger partial charge on any atom is 0.306 e. The van der Waals surface area contributed by atoms with E-state index in [1.54, 1.807) is 0 Å². The first kappa shape index (κ1) is 67.6. The van der Waals surface area contributed by atoms with Gasteiger partial charge in [-0.05, 0) is 38.5 Å². The standard InChI is InChI=1S/C64H124O5/c1-3-5-7-9-11-13-15-17-19-21-23-25-27-29-31-32-33-35-37-39-41-43-45-47-49-51-53-55-57-59-64(67)69-62(60-65)61-68-63(66)58-56-54-52-50-48-46-44-42-40-38-36-34-30-28-26-24-22-20-18-16-14-12-10-8-6-4-2/h21,23,62,65H,3-20,22,24-61H2,1-2H3/b23-21-. The summed E-state index contributed by atoms with van der Waals surface area (Å²) in [5, 5.41) is 9.68. The zero-order chi connectivity index (χ0) is 49.9. The molecule has 0 aromatic carbocycles. The Morgan fingerprint density at radius 1 is 0.319 bits per heavy atom. The zero-order valence-electron chi connectivity index (χ0n) is 47.1. The van der Waals surface area contributed by atoms with Crippen LogP contribution in [0.3, 0.4) is 0 Å². The molecule has 0 saturated heterocycles. The fourth-order valence-corrected chi connectivity index (χ4v) is 10.0. The molecule has 0 amide bonds. The van der Waals surface area contributed by atoms with E-state index >= 15 is 0 Å². The number of hydrogen-bond donors (Lipinski definition) is 1. The summed E-state index contributed by atoms with van der Waals surface area (Å²) >= 11 is 0. The van der Waals surface area contributed by atoms with Crippen LogP contribution in [0.2, 0.25) is 0 Å². The Bertz CT molecular complexity index is 1010. The molecule has 0 fully saturated rings. The molecule has 0 spiro atoms. The average Bonchev–Trinajstić information content (AvgIpc) is 3.35. The van der Waals surface area contributed by atoms with Gasteiger partial charge in [0.15, 0.2) is 6.10 Å². The summed E-state index contributed by atoms with van der Waals surface area (Å²) < 4.78 is 10.7. The second-order valence-corrected chi connectivity index (χ2v) is 21.9. The van der Waals surface area contributed by atoms with Crippen molar-refractivity contribution in [3.8, 4) is 0 Å². The summed E-state index contributed by atoms with van der Waals surface area (Å²) in [5.74, 6) is -0.564. The molecule has 0 aliphatic carbocycles. The molecule has 1 atom stereocenters. The van der Waals surface area contributed by atoms with Crippen molar-refractivity contribution in [2.24, 2.45) is 0 Å². The molecule has 0 saturated carbocycles. The number of ether oxygens (including phenoxy) is 2. The van der Waals surface area contributed by atoms with Crippen LogP contribution in [-0.4, -0.2) is 36.4 Å². The monoisotopic (exact) mass is 973 g/mol. The quantitative estimate of drug-likeness (QED) is 0.0373. The molecular weight excluding hydrogens is 849 g/mol. The van der Waals surface area contributed by atoms with Gasteiger partial charge in [0.1, 0.15) is 6.61 Å². The van der Waals surface area contributed by atoms with Crippen LogP contribution in [0, 0.1) is 0 Å². The van der Waals surface area contributed by atoms with Crippen molar-refractivity contribution in [1.82, 2.24) is 0 Å². The lowest BCUT2D eigenvalue weighted by Crippen LogP contribution is -2.28. The molecule has 1 N–H and O–H groups in total. The molecule has 0 heterocycles. The number of allylic oxidation sites excluding steroid dienone is 2. The molecule has 5 heteroatoms. The summed E-state index contributed by atoms with van der Waals surface area (Å²) in [6.45, 7) is 4.21. The van der Waals surface area contributed by atoms with E-state index < -0.39 is 6.10 Å². The topological polar surface area (TPSA) is 72.8 Å². The molecule has 0 aromatic heterocycles. The molecule has 410 valence electrons. The van der Waals surface area contributed by atoms with Gasteiger partial charge in [0.2, 0.25) is 0 Å². The highest BCUT2D eigenvalue weighted by Gasteiger charge is 2.16. The first-order chi connectivity index (χ1) is 34.1. The van der Waals surface area contributed by atoms with Gasteiger partial charge in [0.05, 0.1) is 6.61 Å². The molecule has 1 unspecified atom stereocenters. The van der Waals surface area contributed by atoms with E-state index in [1.165, 1.54) is 308 Å². The number of aliphatic hydroxyl groups is 1. The predicted molar refractivity (Wildman–Crippen MR) is 302 cm³/mol. The summed E-state index contributed by atoms with van der Waals surface area (Å²) in [4.78, 5) is 24.6. The van der Waals surface area contributed by atoms with Crippen LogP contribution in [0.1, 0.15) is 367 Å². The highest BCUT2D eigenvalue weighted by atomic mass is 16.6. The first-order valence-corrected chi connectivity index (χ1v) is 31.7.